The van der Waals surface area contributed by atoms with Crippen molar-refractivity contribution in [3.05, 3.63) is 24.0 Å². The number of ether oxygens (including phenoxy) is 1. The number of rotatable bonds is 5. The van der Waals surface area contributed by atoms with Gasteiger partial charge in [0.2, 0.25) is 0 Å². The Labute approximate surface area is 79.3 Å². The molecule has 0 unspecified atom stereocenters. The molecule has 0 saturated carbocycles. The minimum atomic E-state index is -0.250. The summed E-state index contributed by atoms with van der Waals surface area (Å²) in [5, 5.41) is 0. The van der Waals surface area contributed by atoms with E-state index < -0.39 is 0 Å². The minimum Gasteiger partial charge on any atom is -0.424 e. The molecule has 0 aliphatic carbocycles. The van der Waals surface area contributed by atoms with E-state index in [1.807, 2.05) is 6.08 Å². The van der Waals surface area contributed by atoms with Crippen molar-refractivity contribution < 1.29 is 9.53 Å². The lowest BCUT2D eigenvalue weighted by Crippen LogP contribution is -1.89. The molecular formula is C11H16O2. The molecule has 1 heterocycles. The van der Waals surface area contributed by atoms with Crippen LogP contribution in [0.4, 0.5) is 0 Å². The first-order valence-electron chi connectivity index (χ1n) is 4.93. The highest BCUT2D eigenvalue weighted by atomic mass is 16.5. The van der Waals surface area contributed by atoms with Gasteiger partial charge < -0.3 is 4.74 Å². The Morgan fingerprint density at radius 3 is 2.77 bits per heavy atom. The average molecular weight is 180 g/mol. The number of unbranched alkanes of at least 4 members (excludes halogenated alkanes) is 4. The lowest BCUT2D eigenvalue weighted by atomic mass is 10.1. The Morgan fingerprint density at radius 2 is 2.15 bits per heavy atom. The summed E-state index contributed by atoms with van der Waals surface area (Å²) < 4.78 is 4.88. The summed E-state index contributed by atoms with van der Waals surface area (Å²) in [4.78, 5) is 10.6. The molecule has 2 heteroatoms. The molecule has 0 fully saturated rings. The number of carbonyl (C=O) groups is 1. The molecule has 0 atom stereocenters. The Bertz CT molecular complexity index is 226. The van der Waals surface area contributed by atoms with E-state index in [-0.39, 0.29) is 5.97 Å². The van der Waals surface area contributed by atoms with E-state index in [0.717, 1.165) is 6.42 Å². The first-order chi connectivity index (χ1) is 6.33. The first-order valence-corrected chi connectivity index (χ1v) is 4.93. The maximum Gasteiger partial charge on any atom is 0.336 e. The van der Waals surface area contributed by atoms with Crippen LogP contribution in [0.3, 0.4) is 0 Å². The molecule has 0 saturated heterocycles. The highest BCUT2D eigenvalue weighted by Gasteiger charge is 2.07. The van der Waals surface area contributed by atoms with Gasteiger partial charge in [-0.3, -0.25) is 0 Å². The SMILES string of the molecule is CCCCCC/C=C1/C=CC(=O)O1. The third-order valence-corrected chi connectivity index (χ3v) is 2.01. The number of carbonyl (C=O) groups excluding carboxylic acids is 1. The third-order valence-electron chi connectivity index (χ3n) is 2.01. The Kier molecular flexibility index (Phi) is 4.30. The summed E-state index contributed by atoms with van der Waals surface area (Å²) in [6, 6.07) is 0. The van der Waals surface area contributed by atoms with E-state index in [9.17, 15) is 4.79 Å². The fraction of sp³-hybridized carbons (Fsp3) is 0.545. The molecule has 0 aromatic carbocycles. The maximum absolute atomic E-state index is 10.6. The number of allylic oxidation sites excluding steroid dienone is 2. The van der Waals surface area contributed by atoms with Crippen molar-refractivity contribution in [2.75, 3.05) is 0 Å². The summed E-state index contributed by atoms with van der Waals surface area (Å²) in [7, 11) is 0. The van der Waals surface area contributed by atoms with Crippen LogP contribution >= 0.6 is 0 Å². The molecule has 0 bridgehead atoms. The van der Waals surface area contributed by atoms with Crippen molar-refractivity contribution in [3.8, 4) is 0 Å². The summed E-state index contributed by atoms with van der Waals surface area (Å²) >= 11 is 0. The van der Waals surface area contributed by atoms with Crippen molar-refractivity contribution in [1.82, 2.24) is 0 Å². The predicted octanol–water partition coefficient (Wildman–Crippen LogP) is 2.95. The quantitative estimate of drug-likeness (QED) is 0.480. The predicted molar refractivity (Wildman–Crippen MR) is 52.1 cm³/mol. The fourth-order valence-electron chi connectivity index (χ4n) is 1.26. The van der Waals surface area contributed by atoms with Gasteiger partial charge in [0.1, 0.15) is 5.76 Å². The summed E-state index contributed by atoms with van der Waals surface area (Å²) in [5.74, 6) is 0.460. The van der Waals surface area contributed by atoms with Crippen LogP contribution in [0.25, 0.3) is 0 Å². The maximum atomic E-state index is 10.6. The van der Waals surface area contributed by atoms with Gasteiger partial charge >= 0.3 is 5.97 Å². The van der Waals surface area contributed by atoms with Crippen molar-refractivity contribution in [2.45, 2.75) is 39.0 Å². The first kappa shape index (κ1) is 10.0. The molecule has 1 rings (SSSR count). The molecule has 0 radical (unpaired) electrons. The van der Waals surface area contributed by atoms with Crippen LogP contribution in [0.5, 0.6) is 0 Å². The van der Waals surface area contributed by atoms with Gasteiger partial charge in [-0.1, -0.05) is 26.2 Å². The standard InChI is InChI=1S/C11H16O2/c1-2-3-4-5-6-7-10-8-9-11(12)13-10/h7-9H,2-6H2,1H3/b10-7-. The van der Waals surface area contributed by atoms with Crippen molar-refractivity contribution in [3.63, 3.8) is 0 Å². The van der Waals surface area contributed by atoms with E-state index in [2.05, 4.69) is 6.92 Å². The Hall–Kier alpha value is -1.05. The monoisotopic (exact) mass is 180 g/mol. The van der Waals surface area contributed by atoms with Gasteiger partial charge in [-0.25, -0.2) is 4.79 Å². The van der Waals surface area contributed by atoms with Crippen molar-refractivity contribution >= 4 is 5.97 Å². The number of hydrogen-bond donors (Lipinski definition) is 0. The highest BCUT2D eigenvalue weighted by Crippen LogP contribution is 2.11. The van der Waals surface area contributed by atoms with E-state index in [4.69, 9.17) is 4.74 Å². The molecule has 1 aliphatic heterocycles. The largest absolute Gasteiger partial charge is 0.424 e. The lowest BCUT2D eigenvalue weighted by molar-refractivity contribution is -0.132. The normalized spacial score (nSPS) is 18.2. The Morgan fingerprint density at radius 1 is 1.31 bits per heavy atom. The molecular weight excluding hydrogens is 164 g/mol. The molecule has 0 spiro atoms. The minimum absolute atomic E-state index is 0.250. The molecule has 1 aliphatic rings. The molecule has 0 amide bonds. The van der Waals surface area contributed by atoms with Crippen molar-refractivity contribution in [2.24, 2.45) is 0 Å². The van der Waals surface area contributed by atoms with Crippen molar-refractivity contribution in [1.29, 1.82) is 0 Å². The van der Waals surface area contributed by atoms with E-state index in [1.54, 1.807) is 6.08 Å². The van der Waals surface area contributed by atoms with Crippen LogP contribution in [-0.2, 0) is 9.53 Å². The van der Waals surface area contributed by atoms with Crippen LogP contribution in [0.15, 0.2) is 24.0 Å². The molecule has 0 N–H and O–H groups in total. The molecule has 13 heavy (non-hydrogen) atoms. The van der Waals surface area contributed by atoms with Crippen LogP contribution in [-0.4, -0.2) is 5.97 Å². The average Bonchev–Trinajstić information content (AvgIpc) is 2.51. The van der Waals surface area contributed by atoms with Crippen LogP contribution < -0.4 is 0 Å². The topological polar surface area (TPSA) is 26.3 Å². The van der Waals surface area contributed by atoms with E-state index in [1.165, 1.54) is 31.8 Å². The van der Waals surface area contributed by atoms with E-state index >= 15 is 0 Å². The van der Waals surface area contributed by atoms with Gasteiger partial charge in [-0.15, -0.1) is 0 Å². The molecule has 2 nitrogen and oxygen atoms in total. The van der Waals surface area contributed by atoms with Gasteiger partial charge in [0.25, 0.3) is 0 Å². The van der Waals surface area contributed by atoms with Crippen LogP contribution in [0.1, 0.15) is 39.0 Å². The van der Waals surface area contributed by atoms with Gasteiger partial charge in [0.15, 0.2) is 0 Å². The second-order valence-electron chi connectivity index (χ2n) is 3.21. The summed E-state index contributed by atoms with van der Waals surface area (Å²) in [6.45, 7) is 2.19. The van der Waals surface area contributed by atoms with Crippen LogP contribution in [0, 0.1) is 0 Å². The van der Waals surface area contributed by atoms with Gasteiger partial charge in [-0.2, -0.15) is 0 Å². The smallest absolute Gasteiger partial charge is 0.336 e. The van der Waals surface area contributed by atoms with Gasteiger partial charge in [-0.05, 0) is 25.0 Å². The lowest BCUT2D eigenvalue weighted by Gasteiger charge is -1.96. The number of esters is 1. The number of cyclic esters (lactones) is 1. The summed E-state index contributed by atoms with van der Waals surface area (Å²) in [6.07, 6.45) is 11.2. The Balaban J connectivity index is 2.11. The highest BCUT2D eigenvalue weighted by molar-refractivity contribution is 5.86. The van der Waals surface area contributed by atoms with Gasteiger partial charge in [0.05, 0.1) is 0 Å². The van der Waals surface area contributed by atoms with E-state index in [0.29, 0.717) is 5.76 Å². The third kappa shape index (κ3) is 3.92. The second-order valence-corrected chi connectivity index (χ2v) is 3.21. The van der Waals surface area contributed by atoms with Gasteiger partial charge in [0, 0.05) is 6.08 Å². The molecule has 72 valence electrons. The zero-order valence-corrected chi connectivity index (χ0v) is 8.08. The fourth-order valence-corrected chi connectivity index (χ4v) is 1.26. The second kappa shape index (κ2) is 5.57. The number of hydrogen-bond acceptors (Lipinski definition) is 2. The summed E-state index contributed by atoms with van der Waals surface area (Å²) in [5.41, 5.74) is 0. The molecule has 0 aromatic rings. The van der Waals surface area contributed by atoms with Crippen LogP contribution in [0.2, 0.25) is 0 Å². The zero-order valence-electron chi connectivity index (χ0n) is 8.08. The zero-order chi connectivity index (χ0) is 9.52. The molecule has 0 aromatic heterocycles.